The molecule has 7 nitrogen and oxygen atoms in total. The predicted octanol–water partition coefficient (Wildman–Crippen LogP) is 2.94. The van der Waals surface area contributed by atoms with Crippen LogP contribution in [0, 0.1) is 10.1 Å². The van der Waals surface area contributed by atoms with Gasteiger partial charge >= 0.3 is 0 Å². The lowest BCUT2D eigenvalue weighted by molar-refractivity contribution is -0.384. The summed E-state index contributed by atoms with van der Waals surface area (Å²) in [5.41, 5.74) is 0.193. The number of carbonyl (C=O) groups is 1. The van der Waals surface area contributed by atoms with Gasteiger partial charge in [-0.2, -0.15) is 0 Å². The maximum Gasteiger partial charge on any atom is 0.289 e. The number of nitrogens with zero attached hydrogens (tertiary/aromatic N) is 2. The molecule has 0 aliphatic carbocycles. The Bertz CT molecular complexity index is 706. The van der Waals surface area contributed by atoms with Crippen molar-refractivity contribution in [1.82, 2.24) is 4.98 Å². The monoisotopic (exact) mass is 306 g/mol. The Balaban J connectivity index is 2.23. The molecule has 1 aromatic carbocycles. The highest BCUT2D eigenvalue weighted by atomic mass is 35.5. The van der Waals surface area contributed by atoms with E-state index in [0.29, 0.717) is 5.82 Å². The molecule has 0 saturated carbocycles. The van der Waals surface area contributed by atoms with Crippen molar-refractivity contribution in [3.63, 3.8) is 0 Å². The number of aromatic nitrogens is 1. The fourth-order valence-corrected chi connectivity index (χ4v) is 1.81. The molecule has 0 aliphatic heterocycles. The Morgan fingerprint density at radius 3 is 2.76 bits per heavy atom. The Morgan fingerprint density at radius 2 is 2.10 bits per heavy atom. The number of benzene rings is 1. The van der Waals surface area contributed by atoms with Gasteiger partial charge in [0.25, 0.3) is 11.6 Å². The van der Waals surface area contributed by atoms with Crippen LogP contribution in [0.5, 0.6) is 0 Å². The normalized spacial score (nSPS) is 10.0. The molecule has 2 rings (SSSR count). The van der Waals surface area contributed by atoms with Crippen LogP contribution in [-0.4, -0.2) is 22.9 Å². The quantitative estimate of drug-likeness (QED) is 0.668. The van der Waals surface area contributed by atoms with Gasteiger partial charge in [0.05, 0.1) is 4.92 Å². The smallest absolute Gasteiger partial charge is 0.289 e. The van der Waals surface area contributed by atoms with E-state index < -0.39 is 10.8 Å². The third-order valence-electron chi connectivity index (χ3n) is 2.64. The van der Waals surface area contributed by atoms with E-state index >= 15 is 0 Å². The molecule has 1 heterocycles. The third-order valence-corrected chi connectivity index (χ3v) is 2.96. The van der Waals surface area contributed by atoms with Crippen LogP contribution in [0.25, 0.3) is 0 Å². The molecule has 2 N–H and O–H groups in total. The zero-order valence-corrected chi connectivity index (χ0v) is 11.7. The average molecular weight is 307 g/mol. The summed E-state index contributed by atoms with van der Waals surface area (Å²) in [6.07, 6.45) is 0. The van der Waals surface area contributed by atoms with E-state index in [0.717, 1.165) is 0 Å². The average Bonchev–Trinajstić information content (AvgIpc) is 2.49. The van der Waals surface area contributed by atoms with Crippen molar-refractivity contribution in [3.05, 3.63) is 57.2 Å². The topological polar surface area (TPSA) is 97.2 Å². The lowest BCUT2D eigenvalue weighted by atomic mass is 10.2. The number of rotatable bonds is 4. The van der Waals surface area contributed by atoms with Crippen LogP contribution in [0.2, 0.25) is 5.02 Å². The number of hydrogen-bond donors (Lipinski definition) is 2. The van der Waals surface area contributed by atoms with E-state index in [4.69, 9.17) is 11.6 Å². The van der Waals surface area contributed by atoms with Crippen molar-refractivity contribution < 1.29 is 9.72 Å². The molecule has 2 aromatic rings. The minimum atomic E-state index is -0.613. The van der Waals surface area contributed by atoms with Gasteiger partial charge < -0.3 is 10.6 Å². The van der Waals surface area contributed by atoms with Gasteiger partial charge in [-0.15, -0.1) is 0 Å². The van der Waals surface area contributed by atoms with Gasteiger partial charge in [0.1, 0.15) is 16.5 Å². The molecule has 0 fully saturated rings. The lowest BCUT2D eigenvalue weighted by Gasteiger charge is -2.06. The van der Waals surface area contributed by atoms with Crippen molar-refractivity contribution in [2.75, 3.05) is 17.7 Å². The van der Waals surface area contributed by atoms with E-state index in [9.17, 15) is 14.9 Å². The molecule has 0 radical (unpaired) electrons. The minimum Gasteiger partial charge on any atom is -0.373 e. The first-order chi connectivity index (χ1) is 10.0. The van der Waals surface area contributed by atoms with Crippen molar-refractivity contribution in [2.24, 2.45) is 0 Å². The second kappa shape index (κ2) is 6.19. The van der Waals surface area contributed by atoms with Crippen molar-refractivity contribution in [2.45, 2.75) is 0 Å². The molecular weight excluding hydrogens is 296 g/mol. The predicted molar refractivity (Wildman–Crippen MR) is 79.8 cm³/mol. The molecule has 8 heteroatoms. The summed E-state index contributed by atoms with van der Waals surface area (Å²) in [6, 6.07) is 8.96. The maximum atomic E-state index is 12.0. The van der Waals surface area contributed by atoms with Crippen LogP contribution in [0.4, 0.5) is 17.2 Å². The van der Waals surface area contributed by atoms with Crippen LogP contribution < -0.4 is 10.6 Å². The first-order valence-corrected chi connectivity index (χ1v) is 6.29. The Hall–Kier alpha value is -2.67. The summed E-state index contributed by atoms with van der Waals surface area (Å²) in [4.78, 5) is 26.3. The van der Waals surface area contributed by atoms with E-state index in [1.165, 1.54) is 18.2 Å². The summed E-state index contributed by atoms with van der Waals surface area (Å²) >= 11 is 5.71. The SMILES string of the molecule is CNc1cccc(C(=O)Nc2ccc(Cl)c([N+](=O)[O-])c2)n1. The summed E-state index contributed by atoms with van der Waals surface area (Å²) < 4.78 is 0. The lowest BCUT2D eigenvalue weighted by Crippen LogP contribution is -2.14. The second-order valence-electron chi connectivity index (χ2n) is 4.04. The molecule has 0 bridgehead atoms. The van der Waals surface area contributed by atoms with Crippen molar-refractivity contribution in [3.8, 4) is 0 Å². The zero-order valence-electron chi connectivity index (χ0n) is 11.0. The third kappa shape index (κ3) is 3.46. The Kier molecular flexibility index (Phi) is 4.34. The molecule has 0 spiro atoms. The molecule has 0 saturated heterocycles. The van der Waals surface area contributed by atoms with E-state index in [-0.39, 0.29) is 22.1 Å². The largest absolute Gasteiger partial charge is 0.373 e. The van der Waals surface area contributed by atoms with E-state index in [2.05, 4.69) is 15.6 Å². The molecule has 0 aliphatic rings. The highest BCUT2D eigenvalue weighted by Crippen LogP contribution is 2.27. The number of nitro benzene ring substituents is 1. The van der Waals surface area contributed by atoms with Gasteiger partial charge in [-0.25, -0.2) is 4.98 Å². The Labute approximate surface area is 125 Å². The van der Waals surface area contributed by atoms with Crippen LogP contribution in [0.15, 0.2) is 36.4 Å². The number of nitrogens with one attached hydrogen (secondary N) is 2. The molecular formula is C13H11ClN4O3. The first-order valence-electron chi connectivity index (χ1n) is 5.91. The van der Waals surface area contributed by atoms with Crippen molar-refractivity contribution >= 4 is 34.7 Å². The number of amides is 1. The summed E-state index contributed by atoms with van der Waals surface area (Å²) in [7, 11) is 1.69. The van der Waals surface area contributed by atoms with E-state index in [1.807, 2.05) is 0 Å². The number of nitro groups is 1. The number of halogens is 1. The van der Waals surface area contributed by atoms with Crippen LogP contribution in [-0.2, 0) is 0 Å². The molecule has 1 amide bonds. The summed E-state index contributed by atoms with van der Waals surface area (Å²) in [5.74, 6) is 0.0773. The highest BCUT2D eigenvalue weighted by molar-refractivity contribution is 6.32. The van der Waals surface area contributed by atoms with Gasteiger partial charge in [-0.05, 0) is 24.3 Å². The zero-order chi connectivity index (χ0) is 15.4. The number of pyridine rings is 1. The number of carbonyl (C=O) groups excluding carboxylic acids is 1. The minimum absolute atomic E-state index is 0.00769. The molecule has 0 unspecified atom stereocenters. The van der Waals surface area contributed by atoms with Crippen LogP contribution >= 0.6 is 11.6 Å². The van der Waals surface area contributed by atoms with Gasteiger partial charge in [-0.3, -0.25) is 14.9 Å². The van der Waals surface area contributed by atoms with Gasteiger partial charge in [0.15, 0.2) is 0 Å². The van der Waals surface area contributed by atoms with Gasteiger partial charge in [0, 0.05) is 18.8 Å². The number of anilines is 2. The maximum absolute atomic E-state index is 12.0. The molecule has 1 aromatic heterocycles. The van der Waals surface area contributed by atoms with Crippen LogP contribution in [0.1, 0.15) is 10.5 Å². The highest BCUT2D eigenvalue weighted by Gasteiger charge is 2.15. The van der Waals surface area contributed by atoms with Crippen molar-refractivity contribution in [1.29, 1.82) is 0 Å². The first kappa shape index (κ1) is 14.7. The fraction of sp³-hybridized carbons (Fsp3) is 0.0769. The van der Waals surface area contributed by atoms with Gasteiger partial charge in [0.2, 0.25) is 0 Å². The molecule has 21 heavy (non-hydrogen) atoms. The summed E-state index contributed by atoms with van der Waals surface area (Å²) in [6.45, 7) is 0. The Morgan fingerprint density at radius 1 is 1.33 bits per heavy atom. The molecule has 0 atom stereocenters. The van der Waals surface area contributed by atoms with Crippen LogP contribution in [0.3, 0.4) is 0 Å². The second-order valence-corrected chi connectivity index (χ2v) is 4.44. The summed E-state index contributed by atoms with van der Waals surface area (Å²) in [5, 5.41) is 16.2. The standard InChI is InChI=1S/C13H11ClN4O3/c1-15-12-4-2-3-10(17-12)13(19)16-8-5-6-9(14)11(7-8)18(20)21/h2-7H,1H3,(H,15,17)(H,16,19). The number of hydrogen-bond acceptors (Lipinski definition) is 5. The fourth-order valence-electron chi connectivity index (χ4n) is 1.63. The van der Waals surface area contributed by atoms with E-state index in [1.54, 1.807) is 25.2 Å². The van der Waals surface area contributed by atoms with Gasteiger partial charge in [-0.1, -0.05) is 17.7 Å². The molecule has 108 valence electrons.